The van der Waals surface area contributed by atoms with Crippen LogP contribution in [0.15, 0.2) is 42.6 Å². The summed E-state index contributed by atoms with van der Waals surface area (Å²) >= 11 is 0. The van der Waals surface area contributed by atoms with E-state index in [2.05, 4.69) is 22.7 Å². The Labute approximate surface area is 130 Å². The molecule has 0 aliphatic heterocycles. The molecule has 0 fully saturated rings. The molecule has 2 atom stereocenters. The van der Waals surface area contributed by atoms with E-state index in [9.17, 15) is 9.90 Å². The number of amides is 2. The molecule has 0 saturated carbocycles. The van der Waals surface area contributed by atoms with E-state index in [0.717, 1.165) is 12.0 Å². The van der Waals surface area contributed by atoms with Crippen LogP contribution in [0.5, 0.6) is 0 Å². The molecule has 2 rings (SSSR count). The smallest absolute Gasteiger partial charge is 0.320 e. The van der Waals surface area contributed by atoms with Gasteiger partial charge in [-0.2, -0.15) is 5.10 Å². The summed E-state index contributed by atoms with van der Waals surface area (Å²) in [4.78, 5) is 12.1. The lowest BCUT2D eigenvalue weighted by Gasteiger charge is -2.18. The average Bonchev–Trinajstić information content (AvgIpc) is 3.00. The van der Waals surface area contributed by atoms with Crippen LogP contribution in [0, 0.1) is 0 Å². The van der Waals surface area contributed by atoms with E-state index in [-0.39, 0.29) is 18.7 Å². The van der Waals surface area contributed by atoms with Crippen molar-refractivity contribution >= 4 is 11.8 Å². The molecule has 0 spiro atoms. The van der Waals surface area contributed by atoms with Gasteiger partial charge in [-0.05, 0) is 18.9 Å². The van der Waals surface area contributed by atoms with Gasteiger partial charge in [0, 0.05) is 6.07 Å². The maximum Gasteiger partial charge on any atom is 0.320 e. The molecule has 0 radical (unpaired) electrons. The van der Waals surface area contributed by atoms with Gasteiger partial charge in [0.1, 0.15) is 5.82 Å². The van der Waals surface area contributed by atoms with Crippen molar-refractivity contribution in [1.29, 1.82) is 0 Å². The molecule has 0 saturated heterocycles. The quantitative estimate of drug-likeness (QED) is 0.767. The summed E-state index contributed by atoms with van der Waals surface area (Å²) in [5, 5.41) is 19.2. The van der Waals surface area contributed by atoms with Crippen LogP contribution in [0.2, 0.25) is 0 Å². The average molecular weight is 302 g/mol. The van der Waals surface area contributed by atoms with Crippen LogP contribution in [0.1, 0.15) is 37.9 Å². The van der Waals surface area contributed by atoms with Crippen molar-refractivity contribution in [2.45, 2.75) is 32.4 Å². The minimum absolute atomic E-state index is 0.165. The summed E-state index contributed by atoms with van der Waals surface area (Å²) in [5.74, 6) is 0.636. The highest BCUT2D eigenvalue weighted by Crippen LogP contribution is 2.17. The third-order valence-electron chi connectivity index (χ3n) is 3.61. The van der Waals surface area contributed by atoms with E-state index in [1.54, 1.807) is 16.9 Å². The number of benzene rings is 1. The maximum atomic E-state index is 12.1. The molecule has 0 bridgehead atoms. The van der Waals surface area contributed by atoms with Crippen LogP contribution in [0.4, 0.5) is 10.6 Å². The van der Waals surface area contributed by atoms with Crippen molar-refractivity contribution in [1.82, 2.24) is 15.1 Å². The third-order valence-corrected chi connectivity index (χ3v) is 3.61. The number of urea groups is 1. The molecule has 118 valence electrons. The zero-order valence-corrected chi connectivity index (χ0v) is 12.9. The summed E-state index contributed by atoms with van der Waals surface area (Å²) < 4.78 is 1.77. The van der Waals surface area contributed by atoms with Crippen molar-refractivity contribution in [2.24, 2.45) is 0 Å². The standard InChI is InChI=1S/C16H22N4O2/c1-3-12(2)20-15(9-10-17-20)19-16(22)18-14(11-21)13-7-5-4-6-8-13/h4-10,12,14,21H,3,11H2,1-2H3,(H2,18,19,22)/t12?,14-/m1/s1. The topological polar surface area (TPSA) is 79.2 Å². The van der Waals surface area contributed by atoms with Gasteiger partial charge in [0.15, 0.2) is 0 Å². The normalized spacial score (nSPS) is 13.4. The fourth-order valence-electron chi connectivity index (χ4n) is 2.17. The van der Waals surface area contributed by atoms with E-state index >= 15 is 0 Å². The van der Waals surface area contributed by atoms with Gasteiger partial charge in [-0.25, -0.2) is 9.48 Å². The molecule has 1 aromatic carbocycles. The van der Waals surface area contributed by atoms with Crippen molar-refractivity contribution in [3.05, 3.63) is 48.2 Å². The predicted molar refractivity (Wildman–Crippen MR) is 85.7 cm³/mol. The molecule has 3 N–H and O–H groups in total. The largest absolute Gasteiger partial charge is 0.394 e. The first-order valence-corrected chi connectivity index (χ1v) is 7.42. The number of aliphatic hydroxyl groups is 1. The van der Waals surface area contributed by atoms with Gasteiger partial charge < -0.3 is 10.4 Å². The summed E-state index contributed by atoms with van der Waals surface area (Å²) in [6.45, 7) is 3.94. The monoisotopic (exact) mass is 302 g/mol. The highest BCUT2D eigenvalue weighted by molar-refractivity contribution is 5.88. The van der Waals surface area contributed by atoms with E-state index in [1.807, 2.05) is 37.3 Å². The van der Waals surface area contributed by atoms with Gasteiger partial charge in [0.25, 0.3) is 0 Å². The van der Waals surface area contributed by atoms with Gasteiger partial charge in [-0.15, -0.1) is 0 Å². The van der Waals surface area contributed by atoms with Crippen LogP contribution in [0.3, 0.4) is 0 Å². The molecule has 1 heterocycles. The Kier molecular flexibility index (Phi) is 5.55. The second-order valence-corrected chi connectivity index (χ2v) is 5.16. The molecular weight excluding hydrogens is 280 g/mol. The molecule has 1 unspecified atom stereocenters. The lowest BCUT2D eigenvalue weighted by atomic mass is 10.1. The van der Waals surface area contributed by atoms with Gasteiger partial charge in [0.2, 0.25) is 0 Å². The number of carbonyl (C=O) groups is 1. The van der Waals surface area contributed by atoms with Gasteiger partial charge in [-0.1, -0.05) is 37.3 Å². The number of rotatable bonds is 6. The zero-order valence-electron chi connectivity index (χ0n) is 12.9. The Hall–Kier alpha value is -2.34. The number of hydrogen-bond acceptors (Lipinski definition) is 3. The van der Waals surface area contributed by atoms with Crippen molar-refractivity contribution in [2.75, 3.05) is 11.9 Å². The first-order valence-electron chi connectivity index (χ1n) is 7.42. The summed E-state index contributed by atoms with van der Waals surface area (Å²) in [5.41, 5.74) is 0.857. The van der Waals surface area contributed by atoms with E-state index in [4.69, 9.17) is 0 Å². The molecule has 2 aromatic rings. The first kappa shape index (κ1) is 16.0. The number of anilines is 1. The molecule has 2 amide bonds. The summed E-state index contributed by atoms with van der Waals surface area (Å²) in [6, 6.07) is 10.5. The van der Waals surface area contributed by atoms with Crippen molar-refractivity contribution in [3.63, 3.8) is 0 Å². The molecular formula is C16H22N4O2. The highest BCUT2D eigenvalue weighted by atomic mass is 16.3. The van der Waals surface area contributed by atoms with Crippen LogP contribution in [-0.4, -0.2) is 27.5 Å². The van der Waals surface area contributed by atoms with E-state index in [0.29, 0.717) is 5.82 Å². The van der Waals surface area contributed by atoms with Crippen LogP contribution < -0.4 is 10.6 Å². The lowest BCUT2D eigenvalue weighted by molar-refractivity contribution is 0.225. The zero-order chi connectivity index (χ0) is 15.9. The van der Waals surface area contributed by atoms with Crippen molar-refractivity contribution < 1.29 is 9.90 Å². The minimum Gasteiger partial charge on any atom is -0.394 e. The molecule has 6 heteroatoms. The van der Waals surface area contributed by atoms with Crippen LogP contribution in [-0.2, 0) is 0 Å². The number of aliphatic hydroxyl groups excluding tert-OH is 1. The van der Waals surface area contributed by atoms with Gasteiger partial charge >= 0.3 is 6.03 Å². The Morgan fingerprint density at radius 3 is 2.68 bits per heavy atom. The lowest BCUT2D eigenvalue weighted by Crippen LogP contribution is -2.35. The van der Waals surface area contributed by atoms with Crippen molar-refractivity contribution in [3.8, 4) is 0 Å². The van der Waals surface area contributed by atoms with E-state index < -0.39 is 6.04 Å². The number of carbonyl (C=O) groups excluding carboxylic acids is 1. The Morgan fingerprint density at radius 1 is 1.32 bits per heavy atom. The molecule has 22 heavy (non-hydrogen) atoms. The number of nitrogens with zero attached hydrogens (tertiary/aromatic N) is 2. The first-order chi connectivity index (χ1) is 10.7. The van der Waals surface area contributed by atoms with Gasteiger partial charge in [-0.3, -0.25) is 5.32 Å². The predicted octanol–water partition coefficient (Wildman–Crippen LogP) is 2.71. The number of aromatic nitrogens is 2. The summed E-state index contributed by atoms with van der Waals surface area (Å²) in [6.07, 6.45) is 2.57. The maximum absolute atomic E-state index is 12.1. The third kappa shape index (κ3) is 3.85. The Bertz CT molecular complexity index is 597. The highest BCUT2D eigenvalue weighted by Gasteiger charge is 2.15. The SMILES string of the molecule is CCC(C)n1nccc1NC(=O)N[C@H](CO)c1ccccc1. The number of nitrogens with one attached hydrogen (secondary N) is 2. The minimum atomic E-state index is -0.443. The molecule has 1 aromatic heterocycles. The van der Waals surface area contributed by atoms with Crippen LogP contribution in [0.25, 0.3) is 0 Å². The fourth-order valence-corrected chi connectivity index (χ4v) is 2.17. The van der Waals surface area contributed by atoms with E-state index in [1.165, 1.54) is 0 Å². The Morgan fingerprint density at radius 2 is 2.05 bits per heavy atom. The van der Waals surface area contributed by atoms with Crippen LogP contribution >= 0.6 is 0 Å². The fraction of sp³-hybridized carbons (Fsp3) is 0.375. The molecule has 0 aliphatic carbocycles. The molecule has 0 aliphatic rings. The molecule has 6 nitrogen and oxygen atoms in total. The summed E-state index contributed by atoms with van der Waals surface area (Å²) in [7, 11) is 0. The second-order valence-electron chi connectivity index (χ2n) is 5.16. The Balaban J connectivity index is 2.02. The number of hydrogen-bond donors (Lipinski definition) is 3. The second kappa shape index (κ2) is 7.61. The van der Waals surface area contributed by atoms with Gasteiger partial charge in [0.05, 0.1) is 24.9 Å².